The second-order valence-corrected chi connectivity index (χ2v) is 7.18. The van der Waals surface area contributed by atoms with Gasteiger partial charge in [0.2, 0.25) is 5.91 Å². The molecule has 1 fully saturated rings. The van der Waals surface area contributed by atoms with Crippen molar-refractivity contribution in [1.29, 1.82) is 0 Å². The van der Waals surface area contributed by atoms with Crippen LogP contribution in [0.2, 0.25) is 0 Å². The number of nitrogens with one attached hydrogen (secondary N) is 1. The fourth-order valence-corrected chi connectivity index (χ4v) is 2.66. The molecule has 0 aromatic heterocycles. The first-order valence-electron chi connectivity index (χ1n) is 7.77. The van der Waals surface area contributed by atoms with Gasteiger partial charge in [-0.1, -0.05) is 39.3 Å². The van der Waals surface area contributed by atoms with E-state index in [2.05, 4.69) is 52.9 Å². The van der Waals surface area contributed by atoms with Crippen molar-refractivity contribution in [2.75, 3.05) is 19.8 Å². The van der Waals surface area contributed by atoms with Gasteiger partial charge in [0.1, 0.15) is 0 Å². The van der Waals surface area contributed by atoms with Crippen LogP contribution in [0.5, 0.6) is 0 Å². The van der Waals surface area contributed by atoms with Crippen molar-refractivity contribution < 1.29 is 9.53 Å². The van der Waals surface area contributed by atoms with Gasteiger partial charge in [0.05, 0.1) is 5.92 Å². The van der Waals surface area contributed by atoms with E-state index in [1.54, 1.807) is 0 Å². The van der Waals surface area contributed by atoms with Crippen LogP contribution in [0, 0.1) is 23.2 Å². The van der Waals surface area contributed by atoms with Gasteiger partial charge in [-0.05, 0) is 37.5 Å². The maximum Gasteiger partial charge on any atom is 0.224 e. The lowest BCUT2D eigenvalue weighted by Gasteiger charge is -2.08. The lowest BCUT2D eigenvalue weighted by molar-refractivity contribution is -0.123. The maximum atomic E-state index is 12.2. The second-order valence-electron chi connectivity index (χ2n) is 7.18. The predicted octanol–water partition coefficient (Wildman–Crippen LogP) is 3.40. The molecule has 1 saturated carbocycles. The molecule has 0 aromatic rings. The van der Waals surface area contributed by atoms with Crippen LogP contribution in [0.25, 0.3) is 0 Å². The van der Waals surface area contributed by atoms with E-state index >= 15 is 0 Å². The SMILES string of the molecule is CC(C)=CC1C(C(=O)NCCCOCC(C)C)C1(C)C. The Bertz CT molecular complexity index is 354. The van der Waals surface area contributed by atoms with Crippen LogP contribution in [-0.4, -0.2) is 25.7 Å². The molecule has 1 aliphatic carbocycles. The summed E-state index contributed by atoms with van der Waals surface area (Å²) in [4.78, 5) is 12.2. The van der Waals surface area contributed by atoms with Crippen molar-refractivity contribution in [3.05, 3.63) is 11.6 Å². The van der Waals surface area contributed by atoms with E-state index in [0.717, 1.165) is 19.6 Å². The largest absolute Gasteiger partial charge is 0.381 e. The highest BCUT2D eigenvalue weighted by Gasteiger charge is 2.60. The lowest BCUT2D eigenvalue weighted by atomic mass is 10.1. The number of carbonyl (C=O) groups is 1. The molecule has 0 spiro atoms. The monoisotopic (exact) mass is 281 g/mol. The van der Waals surface area contributed by atoms with Crippen molar-refractivity contribution in [2.24, 2.45) is 23.2 Å². The van der Waals surface area contributed by atoms with Crippen molar-refractivity contribution >= 4 is 5.91 Å². The average Bonchev–Trinajstić information content (AvgIpc) is 2.83. The molecule has 1 rings (SSSR count). The average molecular weight is 281 g/mol. The summed E-state index contributed by atoms with van der Waals surface area (Å²) in [5.41, 5.74) is 1.40. The number of rotatable bonds is 8. The van der Waals surface area contributed by atoms with Crippen LogP contribution in [0.1, 0.15) is 48.0 Å². The standard InChI is InChI=1S/C17H31NO2/c1-12(2)10-14-15(17(14,5)6)16(19)18-8-7-9-20-11-13(3)4/h10,13-15H,7-9,11H2,1-6H3,(H,18,19). The smallest absolute Gasteiger partial charge is 0.224 e. The fraction of sp³-hybridized carbons (Fsp3) is 0.824. The van der Waals surface area contributed by atoms with Gasteiger partial charge in [-0.25, -0.2) is 0 Å². The highest BCUT2D eigenvalue weighted by molar-refractivity contribution is 5.83. The van der Waals surface area contributed by atoms with Crippen molar-refractivity contribution in [3.63, 3.8) is 0 Å². The first-order valence-corrected chi connectivity index (χ1v) is 7.77. The Hall–Kier alpha value is -0.830. The molecule has 0 heterocycles. The van der Waals surface area contributed by atoms with Gasteiger partial charge in [-0.15, -0.1) is 0 Å². The van der Waals surface area contributed by atoms with Gasteiger partial charge in [0, 0.05) is 19.8 Å². The normalized spacial score (nSPS) is 23.6. The molecule has 20 heavy (non-hydrogen) atoms. The molecule has 1 aliphatic rings. The number of amides is 1. The number of carbonyl (C=O) groups excluding carboxylic acids is 1. The molecule has 3 nitrogen and oxygen atoms in total. The highest BCUT2D eigenvalue weighted by atomic mass is 16.5. The fourth-order valence-electron chi connectivity index (χ4n) is 2.66. The second kappa shape index (κ2) is 7.26. The summed E-state index contributed by atoms with van der Waals surface area (Å²) in [6.45, 7) is 15.0. The van der Waals surface area contributed by atoms with Gasteiger partial charge in [0.15, 0.2) is 0 Å². The van der Waals surface area contributed by atoms with E-state index in [9.17, 15) is 4.79 Å². The molecule has 0 saturated heterocycles. The predicted molar refractivity (Wildman–Crippen MR) is 83.5 cm³/mol. The van der Waals surface area contributed by atoms with Gasteiger partial charge in [-0.2, -0.15) is 0 Å². The Balaban J connectivity index is 2.22. The summed E-state index contributed by atoms with van der Waals surface area (Å²) in [7, 11) is 0. The van der Waals surface area contributed by atoms with Crippen molar-refractivity contribution in [2.45, 2.75) is 48.0 Å². The van der Waals surface area contributed by atoms with E-state index in [0.29, 0.717) is 18.4 Å². The van der Waals surface area contributed by atoms with E-state index < -0.39 is 0 Å². The van der Waals surface area contributed by atoms with E-state index in [-0.39, 0.29) is 17.2 Å². The molecular formula is C17H31NO2. The number of allylic oxidation sites excluding steroid dienone is 2. The molecule has 0 aliphatic heterocycles. The van der Waals surface area contributed by atoms with Crippen LogP contribution < -0.4 is 5.32 Å². The van der Waals surface area contributed by atoms with Gasteiger partial charge < -0.3 is 10.1 Å². The topological polar surface area (TPSA) is 38.3 Å². The molecule has 0 radical (unpaired) electrons. The maximum absolute atomic E-state index is 12.2. The molecule has 116 valence electrons. The van der Waals surface area contributed by atoms with Crippen LogP contribution in [0.4, 0.5) is 0 Å². The molecule has 1 N–H and O–H groups in total. The van der Waals surface area contributed by atoms with Gasteiger partial charge in [-0.3, -0.25) is 4.79 Å². The third-order valence-electron chi connectivity index (χ3n) is 3.92. The summed E-state index contributed by atoms with van der Waals surface area (Å²) in [6.07, 6.45) is 3.12. The minimum atomic E-state index is 0.107. The Kier molecular flexibility index (Phi) is 6.25. The molecule has 0 aromatic carbocycles. The van der Waals surface area contributed by atoms with E-state index in [1.807, 2.05) is 0 Å². The first-order chi connectivity index (χ1) is 9.26. The summed E-state index contributed by atoms with van der Waals surface area (Å²) in [5, 5.41) is 3.04. The quantitative estimate of drug-likeness (QED) is 0.547. The van der Waals surface area contributed by atoms with Crippen molar-refractivity contribution in [1.82, 2.24) is 5.32 Å². The molecular weight excluding hydrogens is 250 g/mol. The zero-order valence-electron chi connectivity index (χ0n) is 14.0. The number of hydrogen-bond donors (Lipinski definition) is 1. The minimum absolute atomic E-state index is 0.107. The summed E-state index contributed by atoms with van der Waals surface area (Å²) < 4.78 is 5.51. The molecule has 0 bridgehead atoms. The highest BCUT2D eigenvalue weighted by Crippen LogP contribution is 2.59. The van der Waals surface area contributed by atoms with Crippen molar-refractivity contribution in [3.8, 4) is 0 Å². The number of hydrogen-bond acceptors (Lipinski definition) is 2. The van der Waals surface area contributed by atoms with Crippen LogP contribution in [0.15, 0.2) is 11.6 Å². The molecule has 2 atom stereocenters. The van der Waals surface area contributed by atoms with E-state index in [4.69, 9.17) is 4.74 Å². The zero-order valence-corrected chi connectivity index (χ0v) is 14.0. The Labute approximate surface area is 124 Å². The third-order valence-corrected chi connectivity index (χ3v) is 3.92. The summed E-state index contributed by atoms with van der Waals surface area (Å²) >= 11 is 0. The zero-order chi connectivity index (χ0) is 15.3. The first kappa shape index (κ1) is 17.2. The van der Waals surface area contributed by atoms with Gasteiger partial charge >= 0.3 is 0 Å². The van der Waals surface area contributed by atoms with Crippen LogP contribution >= 0.6 is 0 Å². The van der Waals surface area contributed by atoms with E-state index in [1.165, 1.54) is 5.57 Å². The van der Waals surface area contributed by atoms with Crippen LogP contribution in [-0.2, 0) is 9.53 Å². The summed E-state index contributed by atoms with van der Waals surface area (Å²) in [5.74, 6) is 1.29. The number of ether oxygens (including phenoxy) is 1. The lowest BCUT2D eigenvalue weighted by Crippen LogP contribution is -2.28. The van der Waals surface area contributed by atoms with Gasteiger partial charge in [0.25, 0.3) is 0 Å². The molecule has 1 amide bonds. The molecule has 2 unspecified atom stereocenters. The minimum Gasteiger partial charge on any atom is -0.381 e. The molecule has 3 heteroatoms. The third kappa shape index (κ3) is 4.93. The Morgan fingerprint density at radius 1 is 1.35 bits per heavy atom. The van der Waals surface area contributed by atoms with Crippen LogP contribution in [0.3, 0.4) is 0 Å². The summed E-state index contributed by atoms with van der Waals surface area (Å²) in [6, 6.07) is 0. The Morgan fingerprint density at radius 3 is 2.55 bits per heavy atom. The Morgan fingerprint density at radius 2 is 2.00 bits per heavy atom.